The standard InChI is InChI=1S/C13H16O6S/c1-19-9-5-3-8(4-6-9)10-11(20(2,17)18)13(10,7-14)12(15)16/h3-6,10-11,14H,7H2,1-2H3,(H,15,16)/t10-,11+,13-/m0/s1. The van der Waals surface area contributed by atoms with Crippen LogP contribution in [0.25, 0.3) is 0 Å². The van der Waals surface area contributed by atoms with Crippen molar-refractivity contribution in [3.63, 3.8) is 0 Å². The fraction of sp³-hybridized carbons (Fsp3) is 0.462. The minimum Gasteiger partial charge on any atom is -0.497 e. The molecular weight excluding hydrogens is 284 g/mol. The van der Waals surface area contributed by atoms with Crippen molar-refractivity contribution in [2.75, 3.05) is 20.0 Å². The lowest BCUT2D eigenvalue weighted by Crippen LogP contribution is -2.27. The number of aliphatic carboxylic acids is 1. The highest BCUT2D eigenvalue weighted by molar-refractivity contribution is 7.91. The third-order valence-corrected chi connectivity index (χ3v) is 5.47. The maximum Gasteiger partial charge on any atom is 0.314 e. The SMILES string of the molecule is COc1ccc([C@H]2[C@@H](S(C)(=O)=O)[C@@]2(CO)C(=O)O)cc1. The molecule has 0 spiro atoms. The fourth-order valence-corrected chi connectivity index (χ4v) is 4.73. The van der Waals surface area contributed by atoms with Gasteiger partial charge in [0.05, 0.1) is 19.0 Å². The smallest absolute Gasteiger partial charge is 0.314 e. The van der Waals surface area contributed by atoms with Crippen molar-refractivity contribution in [3.8, 4) is 5.75 Å². The van der Waals surface area contributed by atoms with Gasteiger partial charge in [0.15, 0.2) is 9.84 Å². The molecule has 0 aromatic heterocycles. The first-order chi connectivity index (χ1) is 9.29. The molecule has 20 heavy (non-hydrogen) atoms. The van der Waals surface area contributed by atoms with Crippen molar-refractivity contribution in [2.24, 2.45) is 5.41 Å². The molecule has 2 rings (SSSR count). The lowest BCUT2D eigenvalue weighted by molar-refractivity contribution is -0.145. The maximum absolute atomic E-state index is 11.8. The van der Waals surface area contributed by atoms with E-state index in [4.69, 9.17) is 4.74 Å². The molecule has 0 aliphatic heterocycles. The van der Waals surface area contributed by atoms with Crippen LogP contribution in [0.5, 0.6) is 5.75 Å². The average molecular weight is 300 g/mol. The summed E-state index contributed by atoms with van der Waals surface area (Å²) in [5, 5.41) is 17.6. The summed E-state index contributed by atoms with van der Waals surface area (Å²) in [6, 6.07) is 6.53. The number of carboxylic acid groups (broad SMARTS) is 1. The van der Waals surface area contributed by atoms with Gasteiger partial charge in [0.1, 0.15) is 11.2 Å². The van der Waals surface area contributed by atoms with Crippen molar-refractivity contribution in [1.29, 1.82) is 0 Å². The van der Waals surface area contributed by atoms with Gasteiger partial charge >= 0.3 is 5.97 Å². The van der Waals surface area contributed by atoms with Gasteiger partial charge in [0.25, 0.3) is 0 Å². The second-order valence-corrected chi connectivity index (χ2v) is 7.17. The Hall–Kier alpha value is -1.60. The van der Waals surface area contributed by atoms with Gasteiger partial charge in [-0.3, -0.25) is 4.79 Å². The summed E-state index contributed by atoms with van der Waals surface area (Å²) in [6.07, 6.45) is 0.995. The molecule has 1 aromatic rings. The molecule has 6 nitrogen and oxygen atoms in total. The number of aliphatic hydroxyl groups excluding tert-OH is 1. The van der Waals surface area contributed by atoms with E-state index in [1.165, 1.54) is 7.11 Å². The molecule has 2 N–H and O–H groups in total. The predicted octanol–water partition coefficient (Wildman–Crippen LogP) is 0.269. The largest absolute Gasteiger partial charge is 0.497 e. The Morgan fingerprint density at radius 1 is 1.35 bits per heavy atom. The van der Waals surface area contributed by atoms with Crippen LogP contribution in [0.1, 0.15) is 11.5 Å². The van der Waals surface area contributed by atoms with E-state index in [0.29, 0.717) is 11.3 Å². The number of rotatable bonds is 5. The van der Waals surface area contributed by atoms with Gasteiger partial charge in [-0.2, -0.15) is 0 Å². The van der Waals surface area contributed by atoms with Crippen molar-refractivity contribution >= 4 is 15.8 Å². The molecule has 0 saturated heterocycles. The van der Waals surface area contributed by atoms with Crippen molar-refractivity contribution < 1.29 is 28.2 Å². The maximum atomic E-state index is 11.8. The Balaban J connectivity index is 2.46. The molecule has 110 valence electrons. The second-order valence-electron chi connectivity index (χ2n) is 5.00. The van der Waals surface area contributed by atoms with Crippen molar-refractivity contribution in [2.45, 2.75) is 11.2 Å². The zero-order valence-electron chi connectivity index (χ0n) is 11.1. The monoisotopic (exact) mass is 300 g/mol. The van der Waals surface area contributed by atoms with E-state index in [2.05, 4.69) is 0 Å². The third-order valence-electron chi connectivity index (χ3n) is 3.85. The van der Waals surface area contributed by atoms with Crippen LogP contribution in [0.4, 0.5) is 0 Å². The summed E-state index contributed by atoms with van der Waals surface area (Å²) >= 11 is 0. The predicted molar refractivity (Wildman–Crippen MR) is 71.5 cm³/mol. The van der Waals surface area contributed by atoms with Gasteiger partial charge in [-0.1, -0.05) is 12.1 Å². The highest BCUT2D eigenvalue weighted by Gasteiger charge is 2.74. The minimum absolute atomic E-state index is 0.567. The van der Waals surface area contributed by atoms with Crippen LogP contribution in [-0.2, 0) is 14.6 Å². The number of methoxy groups -OCH3 is 1. The van der Waals surface area contributed by atoms with E-state index in [-0.39, 0.29) is 0 Å². The Labute approximate surface area is 116 Å². The zero-order chi connectivity index (χ0) is 15.1. The van der Waals surface area contributed by atoms with Gasteiger partial charge in [-0.05, 0) is 17.7 Å². The van der Waals surface area contributed by atoms with E-state index in [1.54, 1.807) is 24.3 Å². The van der Waals surface area contributed by atoms with Gasteiger partial charge in [-0.15, -0.1) is 0 Å². The number of ether oxygens (including phenoxy) is 1. The molecule has 1 aliphatic rings. The van der Waals surface area contributed by atoms with E-state index in [1.807, 2.05) is 0 Å². The van der Waals surface area contributed by atoms with Gasteiger partial charge < -0.3 is 14.9 Å². The van der Waals surface area contributed by atoms with Crippen LogP contribution in [0, 0.1) is 5.41 Å². The van der Waals surface area contributed by atoms with Crippen LogP contribution >= 0.6 is 0 Å². The van der Waals surface area contributed by atoms with E-state index in [9.17, 15) is 23.4 Å². The quantitative estimate of drug-likeness (QED) is 0.809. The fourth-order valence-electron chi connectivity index (χ4n) is 2.83. The molecule has 0 amide bonds. The van der Waals surface area contributed by atoms with Crippen molar-refractivity contribution in [1.82, 2.24) is 0 Å². The zero-order valence-corrected chi connectivity index (χ0v) is 11.9. The molecule has 1 aromatic carbocycles. The van der Waals surface area contributed by atoms with Crippen LogP contribution in [0.15, 0.2) is 24.3 Å². The molecule has 1 saturated carbocycles. The second kappa shape index (κ2) is 4.75. The molecular formula is C13H16O6S. The lowest BCUT2D eigenvalue weighted by Gasteiger charge is -2.08. The summed E-state index contributed by atoms with van der Waals surface area (Å²) < 4.78 is 28.6. The Bertz CT molecular complexity index is 621. The Morgan fingerprint density at radius 2 is 1.90 bits per heavy atom. The lowest BCUT2D eigenvalue weighted by atomic mass is 10.00. The first-order valence-corrected chi connectivity index (χ1v) is 7.91. The molecule has 1 aliphatic carbocycles. The van der Waals surface area contributed by atoms with Crippen LogP contribution in [0.2, 0.25) is 0 Å². The Kier molecular flexibility index (Phi) is 3.51. The summed E-state index contributed by atoms with van der Waals surface area (Å²) in [4.78, 5) is 11.4. The molecule has 0 bridgehead atoms. The molecule has 0 radical (unpaired) electrons. The number of carbonyl (C=O) groups is 1. The van der Waals surface area contributed by atoms with Crippen molar-refractivity contribution in [3.05, 3.63) is 29.8 Å². The molecule has 3 atom stereocenters. The summed E-state index contributed by atoms with van der Waals surface area (Å²) in [7, 11) is -2.08. The molecule has 1 fully saturated rings. The molecule has 0 unspecified atom stereocenters. The molecule has 7 heteroatoms. The first-order valence-electron chi connectivity index (χ1n) is 5.96. The topological polar surface area (TPSA) is 101 Å². The van der Waals surface area contributed by atoms with E-state index < -0.39 is 39.0 Å². The van der Waals surface area contributed by atoms with Crippen LogP contribution < -0.4 is 4.74 Å². The highest BCUT2D eigenvalue weighted by atomic mass is 32.2. The highest BCUT2D eigenvalue weighted by Crippen LogP contribution is 2.62. The summed E-state index contributed by atoms with van der Waals surface area (Å²) in [6.45, 7) is -0.712. The van der Waals surface area contributed by atoms with Crippen LogP contribution in [-0.4, -0.2) is 49.8 Å². The summed E-state index contributed by atoms with van der Waals surface area (Å²) in [5.74, 6) is -1.45. The number of benzene rings is 1. The number of carboxylic acids is 1. The third kappa shape index (κ3) is 2.06. The van der Waals surface area contributed by atoms with E-state index in [0.717, 1.165) is 6.26 Å². The number of sulfone groups is 1. The van der Waals surface area contributed by atoms with Gasteiger partial charge in [0.2, 0.25) is 0 Å². The average Bonchev–Trinajstić information content (AvgIpc) is 3.09. The summed E-state index contributed by atoms with van der Waals surface area (Å²) in [5.41, 5.74) is -1.08. The first kappa shape index (κ1) is 14.8. The number of aliphatic hydroxyl groups is 1. The van der Waals surface area contributed by atoms with Gasteiger partial charge in [0, 0.05) is 12.2 Å². The normalized spacial score (nSPS) is 28.9. The number of hydrogen-bond acceptors (Lipinski definition) is 5. The van der Waals surface area contributed by atoms with Gasteiger partial charge in [-0.25, -0.2) is 8.42 Å². The van der Waals surface area contributed by atoms with Crippen LogP contribution in [0.3, 0.4) is 0 Å². The van der Waals surface area contributed by atoms with E-state index >= 15 is 0 Å². The molecule has 0 heterocycles. The minimum atomic E-state index is -3.58. The Morgan fingerprint density at radius 3 is 2.20 bits per heavy atom. The number of hydrogen-bond donors (Lipinski definition) is 2.